The number of hydrogen-bond acceptors (Lipinski definition) is 5. The molecule has 0 spiro atoms. The number of carbonyl (C=O) groups is 1. The van der Waals surface area contributed by atoms with Gasteiger partial charge in [-0.25, -0.2) is 9.97 Å². The van der Waals surface area contributed by atoms with Crippen molar-refractivity contribution in [1.29, 1.82) is 0 Å². The number of fused-ring (bicyclic) bond motifs is 2. The minimum Gasteiger partial charge on any atom is -0.493 e. The Morgan fingerprint density at radius 3 is 3.00 bits per heavy atom. The van der Waals surface area contributed by atoms with Crippen LogP contribution in [0, 0.1) is 12.8 Å². The Labute approximate surface area is 165 Å². The molecule has 4 rings (SSSR count). The molecule has 1 unspecified atom stereocenters. The van der Waals surface area contributed by atoms with Gasteiger partial charge >= 0.3 is 0 Å². The summed E-state index contributed by atoms with van der Waals surface area (Å²) in [4.78, 5) is 22.0. The number of benzene rings is 1. The summed E-state index contributed by atoms with van der Waals surface area (Å²) in [6.45, 7) is 2.98. The Bertz CT molecular complexity index is 882. The van der Waals surface area contributed by atoms with E-state index in [0.717, 1.165) is 41.4 Å². The maximum atomic E-state index is 12.6. The first-order chi connectivity index (χ1) is 13.7. The fourth-order valence-corrected chi connectivity index (χ4v) is 4.12. The van der Waals surface area contributed by atoms with Crippen LogP contribution in [-0.4, -0.2) is 36.1 Å². The Morgan fingerprint density at radius 1 is 1.29 bits per heavy atom. The van der Waals surface area contributed by atoms with Gasteiger partial charge in [0.25, 0.3) is 0 Å². The van der Waals surface area contributed by atoms with E-state index in [-0.39, 0.29) is 11.8 Å². The summed E-state index contributed by atoms with van der Waals surface area (Å²) in [5.74, 6) is 2.13. The molecule has 6 nitrogen and oxygen atoms in total. The summed E-state index contributed by atoms with van der Waals surface area (Å²) in [6, 6.07) is 5.79. The predicted molar refractivity (Wildman–Crippen MR) is 106 cm³/mol. The van der Waals surface area contributed by atoms with Crippen molar-refractivity contribution in [2.45, 2.75) is 45.4 Å². The summed E-state index contributed by atoms with van der Waals surface area (Å²) in [5, 5.41) is 3.03. The zero-order valence-electron chi connectivity index (χ0n) is 16.6. The number of ether oxygens (including phenoxy) is 2. The maximum absolute atomic E-state index is 12.6. The molecule has 1 N–H and O–H groups in total. The number of aromatic nitrogens is 2. The first kappa shape index (κ1) is 18.7. The Balaban J connectivity index is 1.33. The van der Waals surface area contributed by atoms with Gasteiger partial charge in [-0.3, -0.25) is 4.79 Å². The van der Waals surface area contributed by atoms with Gasteiger partial charge in [-0.1, -0.05) is 12.1 Å². The quantitative estimate of drug-likeness (QED) is 0.862. The van der Waals surface area contributed by atoms with Gasteiger partial charge in [0.15, 0.2) is 11.5 Å². The molecule has 0 saturated carbocycles. The molecule has 1 aromatic heterocycles. The molecule has 28 heavy (non-hydrogen) atoms. The molecule has 1 aromatic carbocycles. The Morgan fingerprint density at radius 2 is 2.14 bits per heavy atom. The van der Waals surface area contributed by atoms with Crippen LogP contribution < -0.4 is 14.8 Å². The van der Waals surface area contributed by atoms with Gasteiger partial charge in [-0.15, -0.1) is 0 Å². The average molecular weight is 381 g/mol. The highest BCUT2D eigenvalue weighted by Crippen LogP contribution is 2.36. The lowest BCUT2D eigenvalue weighted by atomic mass is 9.95. The number of carbonyl (C=O) groups excluding carboxylic acids is 1. The van der Waals surface area contributed by atoms with E-state index in [1.165, 1.54) is 24.1 Å². The second kappa shape index (κ2) is 8.17. The molecule has 0 fully saturated rings. The van der Waals surface area contributed by atoms with Crippen LogP contribution in [0.4, 0.5) is 0 Å². The van der Waals surface area contributed by atoms with E-state index in [1.54, 1.807) is 7.11 Å². The molecule has 6 heteroatoms. The number of nitrogens with zero attached hydrogens (tertiary/aromatic N) is 2. The molecule has 1 amide bonds. The van der Waals surface area contributed by atoms with Crippen molar-refractivity contribution in [3.05, 3.63) is 46.5 Å². The van der Waals surface area contributed by atoms with Gasteiger partial charge < -0.3 is 14.8 Å². The standard InChI is InChI=1S/C22H27N3O3/c1-14-17-7-3-4-8-18(17)25-20(24-14)10-11-23-22(26)16-12-15-6-5-9-19(27-2)21(15)28-13-16/h5-6,9,16H,3-4,7-8,10-13H2,1-2H3,(H,23,26). The normalized spacial score (nSPS) is 17.9. The molecule has 148 valence electrons. The van der Waals surface area contributed by atoms with Crippen molar-refractivity contribution in [1.82, 2.24) is 15.3 Å². The number of para-hydroxylation sites is 1. The summed E-state index contributed by atoms with van der Waals surface area (Å²) in [5.41, 5.74) is 4.63. The van der Waals surface area contributed by atoms with Crippen LogP contribution in [-0.2, 0) is 30.5 Å². The van der Waals surface area contributed by atoms with E-state index in [4.69, 9.17) is 14.5 Å². The molecule has 0 bridgehead atoms. The van der Waals surface area contributed by atoms with Crippen LogP contribution in [0.15, 0.2) is 18.2 Å². The summed E-state index contributed by atoms with van der Waals surface area (Å²) in [6.07, 6.45) is 5.87. The van der Waals surface area contributed by atoms with E-state index >= 15 is 0 Å². The van der Waals surface area contributed by atoms with Gasteiger partial charge in [0.1, 0.15) is 12.4 Å². The molecule has 1 aliphatic heterocycles. The van der Waals surface area contributed by atoms with E-state index in [0.29, 0.717) is 26.0 Å². The highest BCUT2D eigenvalue weighted by molar-refractivity contribution is 5.79. The Hall–Kier alpha value is -2.63. The molecule has 1 aliphatic carbocycles. The summed E-state index contributed by atoms with van der Waals surface area (Å²) >= 11 is 0. The predicted octanol–water partition coefficient (Wildman–Crippen LogP) is 2.58. The monoisotopic (exact) mass is 381 g/mol. The maximum Gasteiger partial charge on any atom is 0.226 e. The van der Waals surface area contributed by atoms with Crippen molar-refractivity contribution in [2.75, 3.05) is 20.3 Å². The van der Waals surface area contributed by atoms with Crippen molar-refractivity contribution in [2.24, 2.45) is 5.92 Å². The number of amides is 1. The number of hydrogen-bond donors (Lipinski definition) is 1. The van der Waals surface area contributed by atoms with Crippen LogP contribution in [0.1, 0.15) is 41.2 Å². The van der Waals surface area contributed by atoms with Gasteiger partial charge in [0.2, 0.25) is 5.91 Å². The summed E-state index contributed by atoms with van der Waals surface area (Å²) < 4.78 is 11.1. The van der Waals surface area contributed by atoms with Crippen molar-refractivity contribution in [3.63, 3.8) is 0 Å². The number of rotatable bonds is 5. The number of aryl methyl sites for hydroxylation is 2. The zero-order valence-corrected chi connectivity index (χ0v) is 16.6. The summed E-state index contributed by atoms with van der Waals surface area (Å²) in [7, 11) is 1.63. The van der Waals surface area contributed by atoms with Crippen LogP contribution >= 0.6 is 0 Å². The van der Waals surface area contributed by atoms with E-state index in [2.05, 4.69) is 17.2 Å². The molecule has 1 atom stereocenters. The third kappa shape index (κ3) is 3.81. The fourth-order valence-electron chi connectivity index (χ4n) is 4.12. The van der Waals surface area contributed by atoms with Crippen LogP contribution in [0.2, 0.25) is 0 Å². The van der Waals surface area contributed by atoms with Crippen LogP contribution in [0.25, 0.3) is 0 Å². The minimum absolute atomic E-state index is 0.0168. The van der Waals surface area contributed by atoms with Gasteiger partial charge in [-0.05, 0) is 56.2 Å². The third-order valence-electron chi connectivity index (χ3n) is 5.63. The minimum atomic E-state index is -0.189. The average Bonchev–Trinajstić information content (AvgIpc) is 2.73. The molecule has 0 radical (unpaired) electrons. The number of methoxy groups -OCH3 is 1. The van der Waals surface area contributed by atoms with Crippen molar-refractivity contribution >= 4 is 5.91 Å². The van der Waals surface area contributed by atoms with Crippen LogP contribution in [0.3, 0.4) is 0 Å². The molecule has 2 aliphatic rings. The lowest BCUT2D eigenvalue weighted by molar-refractivity contribution is -0.126. The van der Waals surface area contributed by atoms with Gasteiger partial charge in [0.05, 0.1) is 13.0 Å². The first-order valence-electron chi connectivity index (χ1n) is 10.1. The third-order valence-corrected chi connectivity index (χ3v) is 5.63. The van der Waals surface area contributed by atoms with Crippen molar-refractivity contribution in [3.8, 4) is 11.5 Å². The second-order valence-electron chi connectivity index (χ2n) is 7.56. The van der Waals surface area contributed by atoms with Crippen molar-refractivity contribution < 1.29 is 14.3 Å². The molecule has 2 aromatic rings. The molecule has 2 heterocycles. The Kier molecular flexibility index (Phi) is 5.46. The number of nitrogens with one attached hydrogen (secondary N) is 1. The largest absolute Gasteiger partial charge is 0.493 e. The molecular weight excluding hydrogens is 354 g/mol. The van der Waals surface area contributed by atoms with Crippen LogP contribution in [0.5, 0.6) is 11.5 Å². The second-order valence-corrected chi connectivity index (χ2v) is 7.56. The molecular formula is C22H27N3O3. The van der Waals surface area contributed by atoms with E-state index in [9.17, 15) is 4.79 Å². The lowest BCUT2D eigenvalue weighted by Crippen LogP contribution is -2.38. The topological polar surface area (TPSA) is 73.3 Å². The highest BCUT2D eigenvalue weighted by Gasteiger charge is 2.27. The zero-order chi connectivity index (χ0) is 19.5. The van der Waals surface area contributed by atoms with Gasteiger partial charge in [-0.2, -0.15) is 0 Å². The molecule has 0 saturated heterocycles. The fraction of sp³-hybridized carbons (Fsp3) is 0.500. The van der Waals surface area contributed by atoms with E-state index in [1.807, 2.05) is 18.2 Å². The first-order valence-corrected chi connectivity index (χ1v) is 10.1. The highest BCUT2D eigenvalue weighted by atomic mass is 16.5. The SMILES string of the molecule is COc1cccc2c1OCC(C(=O)NCCc1nc(C)c3c(n1)CCCC3)C2. The van der Waals surface area contributed by atoms with Gasteiger partial charge in [0, 0.05) is 24.4 Å². The van der Waals surface area contributed by atoms with E-state index < -0.39 is 0 Å². The smallest absolute Gasteiger partial charge is 0.226 e. The lowest BCUT2D eigenvalue weighted by Gasteiger charge is -2.25.